The number of carbonyl (C=O) groups excluding carboxylic acids is 2. The zero-order valence-corrected chi connectivity index (χ0v) is 18.4. The molecule has 0 bridgehead atoms. The van der Waals surface area contributed by atoms with E-state index in [0.29, 0.717) is 10.0 Å². The van der Waals surface area contributed by atoms with Crippen molar-refractivity contribution < 1.29 is 19.1 Å². The monoisotopic (exact) mass is 488 g/mol. The van der Waals surface area contributed by atoms with Gasteiger partial charge in [0, 0.05) is 21.2 Å². The average molecular weight is 490 g/mol. The van der Waals surface area contributed by atoms with Gasteiger partial charge in [0.1, 0.15) is 0 Å². The van der Waals surface area contributed by atoms with E-state index in [4.69, 9.17) is 55.9 Å². The molecule has 12 heteroatoms. The van der Waals surface area contributed by atoms with Gasteiger partial charge in [-0.1, -0.05) is 46.4 Å². The molecule has 0 aliphatic carbocycles. The molecular formula is C18H12Cl4N4O4. The van der Waals surface area contributed by atoms with Crippen LogP contribution in [-0.4, -0.2) is 48.1 Å². The number of rotatable bonds is 2. The fraction of sp³-hybridized carbons (Fsp3) is 0.111. The van der Waals surface area contributed by atoms with E-state index in [9.17, 15) is 9.59 Å². The zero-order valence-electron chi connectivity index (χ0n) is 15.4. The Bertz CT molecular complexity index is 1000. The third-order valence-electron chi connectivity index (χ3n) is 3.83. The van der Waals surface area contributed by atoms with Gasteiger partial charge in [-0.05, 0) is 36.4 Å². The fourth-order valence-corrected chi connectivity index (χ4v) is 3.46. The first-order valence-corrected chi connectivity index (χ1v) is 9.62. The Labute approximate surface area is 191 Å². The number of methoxy groups -OCH3 is 2. The van der Waals surface area contributed by atoms with Gasteiger partial charge in [-0.3, -0.25) is 0 Å². The molecule has 0 fully saturated rings. The highest BCUT2D eigenvalue weighted by atomic mass is 35.5. The number of hydrogen-bond donors (Lipinski definition) is 0. The van der Waals surface area contributed by atoms with Crippen LogP contribution < -0.4 is 0 Å². The lowest BCUT2D eigenvalue weighted by atomic mass is 10.2. The highest BCUT2D eigenvalue weighted by Crippen LogP contribution is 2.29. The minimum absolute atomic E-state index is 0.0947. The van der Waals surface area contributed by atoms with E-state index in [0.717, 1.165) is 10.0 Å². The number of hydrogen-bond acceptors (Lipinski definition) is 6. The molecule has 2 aromatic carbocycles. The summed E-state index contributed by atoms with van der Waals surface area (Å²) in [5, 5.41) is 11.2. The number of amidine groups is 2. The second-order valence-corrected chi connectivity index (χ2v) is 7.35. The lowest BCUT2D eigenvalue weighted by Crippen LogP contribution is -2.45. The Morgan fingerprint density at radius 3 is 1.40 bits per heavy atom. The molecule has 1 heterocycles. The summed E-state index contributed by atoms with van der Waals surface area (Å²) in [7, 11) is 2.33. The summed E-state index contributed by atoms with van der Waals surface area (Å²) in [6.45, 7) is 0. The van der Waals surface area contributed by atoms with Gasteiger partial charge in [-0.15, -0.1) is 20.2 Å². The largest absolute Gasteiger partial charge is 0.451 e. The molecule has 1 aliphatic heterocycles. The number of carbonyl (C=O) groups is 2. The molecule has 0 saturated heterocycles. The van der Waals surface area contributed by atoms with E-state index < -0.39 is 12.2 Å². The maximum atomic E-state index is 12.4. The number of ether oxygens (including phenoxy) is 2. The van der Waals surface area contributed by atoms with Crippen LogP contribution in [0.3, 0.4) is 0 Å². The molecule has 0 unspecified atom stereocenters. The summed E-state index contributed by atoms with van der Waals surface area (Å²) in [6, 6.07) is 9.02. The van der Waals surface area contributed by atoms with Gasteiger partial charge in [0.25, 0.3) is 0 Å². The summed E-state index contributed by atoms with van der Waals surface area (Å²) < 4.78 is 9.60. The molecule has 156 valence electrons. The Balaban J connectivity index is 2.23. The first-order valence-electron chi connectivity index (χ1n) is 8.11. The van der Waals surface area contributed by atoms with Crippen LogP contribution in [-0.2, 0) is 9.47 Å². The summed E-state index contributed by atoms with van der Waals surface area (Å²) >= 11 is 24.4. The first kappa shape index (κ1) is 22.2. The summed E-state index contributed by atoms with van der Waals surface area (Å²) in [5.41, 5.74) is 0.538. The normalized spacial score (nSPS) is 13.5. The number of amides is 2. The number of halogens is 4. The van der Waals surface area contributed by atoms with Crippen molar-refractivity contribution in [3.8, 4) is 0 Å². The molecule has 8 nitrogen and oxygen atoms in total. The van der Waals surface area contributed by atoms with E-state index in [1.54, 1.807) is 12.1 Å². The third-order valence-corrected chi connectivity index (χ3v) is 4.93. The molecule has 3 rings (SSSR count). The lowest BCUT2D eigenvalue weighted by Gasteiger charge is -2.29. The van der Waals surface area contributed by atoms with Gasteiger partial charge in [-0.25, -0.2) is 9.59 Å². The van der Waals surface area contributed by atoms with Gasteiger partial charge in [0.05, 0.1) is 24.3 Å². The Hall–Kier alpha value is -2.52. The minimum Gasteiger partial charge on any atom is -0.451 e. The van der Waals surface area contributed by atoms with Crippen molar-refractivity contribution >= 4 is 70.3 Å². The van der Waals surface area contributed by atoms with E-state index in [1.807, 2.05) is 0 Å². The highest BCUT2D eigenvalue weighted by molar-refractivity contribution is 6.38. The molecule has 30 heavy (non-hydrogen) atoms. The second kappa shape index (κ2) is 9.09. The zero-order chi connectivity index (χ0) is 22.0. The van der Waals surface area contributed by atoms with Gasteiger partial charge < -0.3 is 9.47 Å². The molecule has 1 aliphatic rings. The van der Waals surface area contributed by atoms with Crippen molar-refractivity contribution in [1.29, 1.82) is 0 Å². The van der Waals surface area contributed by atoms with Gasteiger partial charge in [0.2, 0.25) is 0 Å². The van der Waals surface area contributed by atoms with Crippen LogP contribution in [0.25, 0.3) is 0 Å². The van der Waals surface area contributed by atoms with E-state index in [2.05, 4.69) is 10.2 Å². The van der Waals surface area contributed by atoms with Crippen molar-refractivity contribution in [2.24, 2.45) is 10.2 Å². The van der Waals surface area contributed by atoms with Crippen LogP contribution in [0.4, 0.5) is 9.59 Å². The van der Waals surface area contributed by atoms with Crippen molar-refractivity contribution in [2.45, 2.75) is 0 Å². The van der Waals surface area contributed by atoms with E-state index in [1.165, 1.54) is 38.5 Å². The molecule has 0 radical (unpaired) electrons. The predicted molar refractivity (Wildman–Crippen MR) is 114 cm³/mol. The topological polar surface area (TPSA) is 83.8 Å². The van der Waals surface area contributed by atoms with Crippen LogP contribution in [0.15, 0.2) is 46.6 Å². The lowest BCUT2D eigenvalue weighted by molar-refractivity contribution is 0.135. The molecule has 0 aromatic heterocycles. The van der Waals surface area contributed by atoms with E-state index in [-0.39, 0.29) is 32.8 Å². The molecule has 0 spiro atoms. The van der Waals surface area contributed by atoms with Gasteiger partial charge in [-0.2, -0.15) is 0 Å². The van der Waals surface area contributed by atoms with Gasteiger partial charge in [0.15, 0.2) is 11.7 Å². The Morgan fingerprint density at radius 2 is 1.10 bits per heavy atom. The molecule has 2 amide bonds. The van der Waals surface area contributed by atoms with E-state index >= 15 is 0 Å². The SMILES string of the molecule is COC(=O)N1N=C(c2ccc(Cl)cc2Cl)N(C(=O)OC)N=C1c1ccc(Cl)cc1Cl. The van der Waals surface area contributed by atoms with Crippen LogP contribution in [0.5, 0.6) is 0 Å². The molecule has 0 atom stereocenters. The van der Waals surface area contributed by atoms with Crippen molar-refractivity contribution in [2.75, 3.05) is 14.2 Å². The standard InChI is InChI=1S/C18H12Cl4N4O4/c1-29-17(27)25-15(11-5-3-9(19)7-13(11)21)24-26(18(28)30-2)16(23-25)12-6-4-10(20)8-14(12)22/h3-8H,1-2H3. The van der Waals surface area contributed by atoms with Crippen molar-refractivity contribution in [3.63, 3.8) is 0 Å². The Morgan fingerprint density at radius 1 is 0.733 bits per heavy atom. The molecule has 0 N–H and O–H groups in total. The summed E-state index contributed by atoms with van der Waals surface area (Å²) in [6.07, 6.45) is -1.77. The van der Waals surface area contributed by atoms with Crippen LogP contribution >= 0.6 is 46.4 Å². The smallest absolute Gasteiger partial charge is 0.436 e. The van der Waals surface area contributed by atoms with Crippen LogP contribution in [0.2, 0.25) is 20.1 Å². The average Bonchev–Trinajstić information content (AvgIpc) is 2.72. The summed E-state index contributed by atoms with van der Waals surface area (Å²) in [5.74, 6) is -0.189. The number of hydrazone groups is 2. The minimum atomic E-state index is -0.883. The summed E-state index contributed by atoms with van der Waals surface area (Å²) in [4.78, 5) is 24.9. The van der Waals surface area contributed by atoms with Gasteiger partial charge >= 0.3 is 12.2 Å². The number of benzene rings is 2. The predicted octanol–water partition coefficient (Wildman–Crippen LogP) is 5.47. The van der Waals surface area contributed by atoms with Crippen LogP contribution in [0.1, 0.15) is 11.1 Å². The molecular weight excluding hydrogens is 478 g/mol. The van der Waals surface area contributed by atoms with Crippen molar-refractivity contribution in [3.05, 3.63) is 67.6 Å². The quantitative estimate of drug-likeness (QED) is 0.559. The number of nitrogens with zero attached hydrogens (tertiary/aromatic N) is 4. The maximum Gasteiger partial charge on any atom is 0.436 e. The van der Waals surface area contributed by atoms with Crippen molar-refractivity contribution in [1.82, 2.24) is 10.0 Å². The Kier molecular flexibility index (Phi) is 6.72. The second-order valence-electron chi connectivity index (χ2n) is 5.66. The highest BCUT2D eigenvalue weighted by Gasteiger charge is 2.35. The molecule has 0 saturated carbocycles. The first-order chi connectivity index (χ1) is 14.3. The third kappa shape index (κ3) is 4.32. The van der Waals surface area contributed by atoms with Crippen LogP contribution in [0, 0.1) is 0 Å². The fourth-order valence-electron chi connectivity index (χ4n) is 2.47. The molecule has 2 aromatic rings. The maximum absolute atomic E-state index is 12.4.